The highest BCUT2D eigenvalue weighted by molar-refractivity contribution is 9.09. The lowest BCUT2D eigenvalue weighted by Crippen LogP contribution is -2.06. The number of aliphatic hydroxyl groups is 1. The van der Waals surface area contributed by atoms with Gasteiger partial charge in [-0.05, 0) is 13.0 Å². The maximum Gasteiger partial charge on any atom is 0.0932 e. The summed E-state index contributed by atoms with van der Waals surface area (Å²) in [5.41, 5.74) is 2.01. The first-order valence-electron chi connectivity index (χ1n) is 4.58. The zero-order chi connectivity index (χ0) is 10.1. The smallest absolute Gasteiger partial charge is 0.0932 e. The van der Waals surface area contributed by atoms with Gasteiger partial charge in [0.25, 0.3) is 0 Å². The van der Waals surface area contributed by atoms with Crippen molar-refractivity contribution < 1.29 is 5.11 Å². The van der Waals surface area contributed by atoms with Gasteiger partial charge in [0.05, 0.1) is 6.10 Å². The lowest BCUT2D eigenvalue weighted by Gasteiger charge is -2.11. The molecule has 14 heavy (non-hydrogen) atoms. The molecule has 2 aromatic rings. The molecule has 0 saturated heterocycles. The highest BCUT2D eigenvalue weighted by Gasteiger charge is 2.16. The summed E-state index contributed by atoms with van der Waals surface area (Å²) in [6, 6.07) is 7.97. The Balaban J connectivity index is 2.53. The first-order chi connectivity index (χ1) is 6.70. The van der Waals surface area contributed by atoms with E-state index in [9.17, 15) is 5.11 Å². The monoisotopic (exact) mass is 253 g/mol. The molecule has 2 N–H and O–H groups in total. The second kappa shape index (κ2) is 3.75. The van der Waals surface area contributed by atoms with Gasteiger partial charge in [-0.3, -0.25) is 0 Å². The summed E-state index contributed by atoms with van der Waals surface area (Å²) < 4.78 is 0. The topological polar surface area (TPSA) is 36.0 Å². The number of aliphatic hydroxyl groups excluding tert-OH is 1. The van der Waals surface area contributed by atoms with Crippen molar-refractivity contribution >= 4 is 26.8 Å². The zero-order valence-electron chi connectivity index (χ0n) is 7.87. The lowest BCUT2D eigenvalue weighted by molar-refractivity contribution is 0.183. The van der Waals surface area contributed by atoms with Crippen molar-refractivity contribution in [3.8, 4) is 0 Å². The van der Waals surface area contributed by atoms with Gasteiger partial charge in [-0.2, -0.15) is 0 Å². The van der Waals surface area contributed by atoms with Crippen molar-refractivity contribution in [2.24, 2.45) is 0 Å². The van der Waals surface area contributed by atoms with E-state index in [-0.39, 0.29) is 4.83 Å². The van der Waals surface area contributed by atoms with Crippen LogP contribution in [-0.2, 0) is 0 Å². The van der Waals surface area contributed by atoms with Crippen molar-refractivity contribution in [3.63, 3.8) is 0 Å². The summed E-state index contributed by atoms with van der Waals surface area (Å²) in [6.07, 6.45) is 1.40. The minimum atomic E-state index is -0.467. The van der Waals surface area contributed by atoms with Gasteiger partial charge in [-0.15, -0.1) is 0 Å². The third-order valence-electron chi connectivity index (χ3n) is 2.37. The molecular formula is C11H12BrNO. The molecule has 0 saturated carbocycles. The summed E-state index contributed by atoms with van der Waals surface area (Å²) in [5.74, 6) is 0. The quantitative estimate of drug-likeness (QED) is 0.794. The van der Waals surface area contributed by atoms with Crippen LogP contribution in [0, 0.1) is 0 Å². The number of H-pyrrole nitrogens is 1. The Morgan fingerprint density at radius 1 is 1.36 bits per heavy atom. The Morgan fingerprint density at radius 3 is 2.79 bits per heavy atom. The number of hydrogen-bond donors (Lipinski definition) is 2. The maximum absolute atomic E-state index is 9.92. The molecule has 2 unspecified atom stereocenters. The van der Waals surface area contributed by atoms with Gasteiger partial charge >= 0.3 is 0 Å². The fourth-order valence-corrected chi connectivity index (χ4v) is 1.87. The molecule has 1 aromatic heterocycles. The van der Waals surface area contributed by atoms with E-state index in [1.807, 2.05) is 37.4 Å². The molecule has 0 aliphatic carbocycles. The highest BCUT2D eigenvalue weighted by atomic mass is 79.9. The van der Waals surface area contributed by atoms with Crippen LogP contribution in [-0.4, -0.2) is 14.9 Å². The van der Waals surface area contributed by atoms with Crippen LogP contribution in [0.1, 0.15) is 18.6 Å². The molecule has 0 amide bonds. The van der Waals surface area contributed by atoms with Crippen molar-refractivity contribution in [1.29, 1.82) is 0 Å². The van der Waals surface area contributed by atoms with Crippen molar-refractivity contribution in [2.75, 3.05) is 0 Å². The van der Waals surface area contributed by atoms with Gasteiger partial charge < -0.3 is 10.1 Å². The van der Waals surface area contributed by atoms with Crippen LogP contribution in [0.4, 0.5) is 0 Å². The molecule has 1 heterocycles. The highest BCUT2D eigenvalue weighted by Crippen LogP contribution is 2.28. The van der Waals surface area contributed by atoms with Crippen molar-refractivity contribution in [3.05, 3.63) is 36.0 Å². The van der Waals surface area contributed by atoms with E-state index in [1.165, 1.54) is 0 Å². The molecule has 0 aliphatic rings. The molecule has 0 aliphatic heterocycles. The number of benzene rings is 1. The molecule has 0 bridgehead atoms. The third-order valence-corrected chi connectivity index (χ3v) is 2.88. The molecule has 0 spiro atoms. The van der Waals surface area contributed by atoms with Crippen LogP contribution in [0.25, 0.3) is 10.9 Å². The van der Waals surface area contributed by atoms with Gasteiger partial charge in [-0.25, -0.2) is 0 Å². The SMILES string of the molecule is CC(Br)C(O)c1c[nH]c2ccccc12. The number of rotatable bonds is 2. The van der Waals surface area contributed by atoms with Crippen LogP contribution in [0.15, 0.2) is 30.5 Å². The second-order valence-corrected chi connectivity index (χ2v) is 4.86. The Hall–Kier alpha value is -0.800. The number of nitrogens with one attached hydrogen (secondary N) is 1. The number of aromatic amines is 1. The van der Waals surface area contributed by atoms with E-state index in [2.05, 4.69) is 20.9 Å². The number of aromatic nitrogens is 1. The van der Waals surface area contributed by atoms with Crippen molar-refractivity contribution in [1.82, 2.24) is 4.98 Å². The molecule has 2 atom stereocenters. The average Bonchev–Trinajstić information content (AvgIpc) is 2.60. The molecule has 3 heteroatoms. The molecule has 2 nitrogen and oxygen atoms in total. The largest absolute Gasteiger partial charge is 0.387 e. The van der Waals surface area contributed by atoms with E-state index in [0.717, 1.165) is 16.5 Å². The van der Waals surface area contributed by atoms with Crippen LogP contribution in [0.2, 0.25) is 0 Å². The summed E-state index contributed by atoms with van der Waals surface area (Å²) in [6.45, 7) is 1.94. The van der Waals surface area contributed by atoms with Gasteiger partial charge in [0, 0.05) is 27.5 Å². The number of hydrogen-bond acceptors (Lipinski definition) is 1. The number of para-hydroxylation sites is 1. The minimum Gasteiger partial charge on any atom is -0.387 e. The Labute approximate surface area is 91.1 Å². The Kier molecular flexibility index (Phi) is 2.61. The molecule has 0 fully saturated rings. The van der Waals surface area contributed by atoms with Gasteiger partial charge in [0.15, 0.2) is 0 Å². The summed E-state index contributed by atoms with van der Waals surface area (Å²) in [5, 5.41) is 11.0. The fourth-order valence-electron chi connectivity index (χ4n) is 1.59. The average molecular weight is 254 g/mol. The molecular weight excluding hydrogens is 242 g/mol. The molecule has 0 radical (unpaired) electrons. The standard InChI is InChI=1S/C11H12BrNO/c1-7(12)11(14)9-6-13-10-5-3-2-4-8(9)10/h2-7,11,13-14H,1H3. The number of alkyl halides is 1. The predicted octanol–water partition coefficient (Wildman–Crippen LogP) is 2.98. The molecule has 2 rings (SSSR count). The van der Waals surface area contributed by atoms with Crippen LogP contribution < -0.4 is 0 Å². The van der Waals surface area contributed by atoms with E-state index in [0.29, 0.717) is 0 Å². The van der Waals surface area contributed by atoms with Gasteiger partial charge in [-0.1, -0.05) is 34.1 Å². The van der Waals surface area contributed by atoms with E-state index in [4.69, 9.17) is 0 Å². The predicted molar refractivity (Wildman–Crippen MR) is 61.6 cm³/mol. The zero-order valence-corrected chi connectivity index (χ0v) is 9.45. The summed E-state index contributed by atoms with van der Waals surface area (Å²) in [4.78, 5) is 3.20. The first-order valence-corrected chi connectivity index (χ1v) is 5.50. The number of fused-ring (bicyclic) bond motifs is 1. The van der Waals surface area contributed by atoms with Crippen LogP contribution in [0.3, 0.4) is 0 Å². The van der Waals surface area contributed by atoms with Crippen LogP contribution >= 0.6 is 15.9 Å². The second-order valence-electron chi connectivity index (χ2n) is 3.41. The minimum absolute atomic E-state index is 0.0571. The lowest BCUT2D eigenvalue weighted by atomic mass is 10.1. The number of halogens is 1. The molecule has 1 aromatic carbocycles. The Bertz CT molecular complexity index is 436. The van der Waals surface area contributed by atoms with Gasteiger partial charge in [0.2, 0.25) is 0 Å². The van der Waals surface area contributed by atoms with E-state index in [1.54, 1.807) is 0 Å². The van der Waals surface area contributed by atoms with Gasteiger partial charge in [0.1, 0.15) is 0 Å². The van der Waals surface area contributed by atoms with Crippen molar-refractivity contribution in [2.45, 2.75) is 17.9 Å². The molecule has 74 valence electrons. The normalized spacial score (nSPS) is 15.6. The third kappa shape index (κ3) is 1.57. The van der Waals surface area contributed by atoms with Crippen LogP contribution in [0.5, 0.6) is 0 Å². The maximum atomic E-state index is 9.92. The summed E-state index contributed by atoms with van der Waals surface area (Å²) in [7, 11) is 0. The van der Waals surface area contributed by atoms with E-state index < -0.39 is 6.10 Å². The fraction of sp³-hybridized carbons (Fsp3) is 0.273. The first kappa shape index (κ1) is 9.74. The van der Waals surface area contributed by atoms with E-state index >= 15 is 0 Å². The Morgan fingerprint density at radius 2 is 2.07 bits per heavy atom. The summed E-state index contributed by atoms with van der Waals surface area (Å²) >= 11 is 3.38.